The third-order valence-corrected chi connectivity index (χ3v) is 4.70. The van der Waals surface area contributed by atoms with Crippen molar-refractivity contribution in [2.75, 3.05) is 25.9 Å². The molecular weight excluding hydrogens is 212 g/mol. The number of sulfone groups is 1. The highest BCUT2D eigenvalue weighted by molar-refractivity contribution is 7.94. The second-order valence-corrected chi connectivity index (χ2v) is 6.26. The number of piperidine rings is 1. The standard InChI is InChI=1S/C10H18N2O2S/c1-11-9-2-5-12(6-3-9)10-4-7-15(13,14)8-10/h4,7,9-11H,2-3,5-6,8H2,1H3. The number of nitrogens with zero attached hydrogens (tertiary/aromatic N) is 1. The molecule has 1 fully saturated rings. The highest BCUT2D eigenvalue weighted by Crippen LogP contribution is 2.19. The summed E-state index contributed by atoms with van der Waals surface area (Å²) in [5.41, 5.74) is 0. The van der Waals surface area contributed by atoms with Gasteiger partial charge in [0.1, 0.15) is 0 Å². The van der Waals surface area contributed by atoms with Gasteiger partial charge >= 0.3 is 0 Å². The van der Waals surface area contributed by atoms with Crippen LogP contribution >= 0.6 is 0 Å². The van der Waals surface area contributed by atoms with E-state index in [4.69, 9.17) is 0 Å². The molecule has 0 bridgehead atoms. The van der Waals surface area contributed by atoms with Crippen molar-refractivity contribution in [3.05, 3.63) is 11.5 Å². The number of rotatable bonds is 2. The quantitative estimate of drug-likeness (QED) is 0.724. The summed E-state index contributed by atoms with van der Waals surface area (Å²) in [4.78, 5) is 2.27. The molecule has 86 valence electrons. The number of hydrogen-bond acceptors (Lipinski definition) is 4. The predicted molar refractivity (Wildman–Crippen MR) is 60.4 cm³/mol. The van der Waals surface area contributed by atoms with Gasteiger partial charge in [0, 0.05) is 30.6 Å². The zero-order chi connectivity index (χ0) is 10.9. The molecule has 4 nitrogen and oxygen atoms in total. The van der Waals surface area contributed by atoms with Crippen LogP contribution in [0, 0.1) is 0 Å². The number of likely N-dealkylation sites (tertiary alicyclic amines) is 1. The van der Waals surface area contributed by atoms with Gasteiger partial charge in [-0.05, 0) is 19.9 Å². The molecule has 1 atom stereocenters. The van der Waals surface area contributed by atoms with Crippen LogP contribution in [0.1, 0.15) is 12.8 Å². The van der Waals surface area contributed by atoms with Crippen LogP contribution in [-0.2, 0) is 9.84 Å². The molecule has 0 saturated carbocycles. The van der Waals surface area contributed by atoms with E-state index in [1.54, 1.807) is 0 Å². The van der Waals surface area contributed by atoms with Crippen LogP contribution < -0.4 is 5.32 Å². The molecule has 2 aliphatic rings. The summed E-state index contributed by atoms with van der Waals surface area (Å²) in [6, 6.07) is 0.719. The highest BCUT2D eigenvalue weighted by atomic mass is 32.2. The molecule has 5 heteroatoms. The lowest BCUT2D eigenvalue weighted by molar-refractivity contribution is 0.180. The molecule has 15 heavy (non-hydrogen) atoms. The Morgan fingerprint density at radius 2 is 2.00 bits per heavy atom. The summed E-state index contributed by atoms with van der Waals surface area (Å²) >= 11 is 0. The molecule has 1 saturated heterocycles. The van der Waals surface area contributed by atoms with E-state index in [0.29, 0.717) is 6.04 Å². The normalized spacial score (nSPS) is 32.2. The third kappa shape index (κ3) is 2.59. The van der Waals surface area contributed by atoms with Crippen molar-refractivity contribution in [3.63, 3.8) is 0 Å². The average Bonchev–Trinajstić information content (AvgIpc) is 2.59. The zero-order valence-corrected chi connectivity index (χ0v) is 9.83. The van der Waals surface area contributed by atoms with Crippen LogP contribution in [0.5, 0.6) is 0 Å². The first kappa shape index (κ1) is 11.1. The Hall–Kier alpha value is -0.390. The number of nitrogens with one attached hydrogen (secondary N) is 1. The van der Waals surface area contributed by atoms with Crippen LogP contribution in [0.4, 0.5) is 0 Å². The second-order valence-electron chi connectivity index (χ2n) is 4.32. The summed E-state index contributed by atoms with van der Waals surface area (Å²) < 4.78 is 22.6. The Kier molecular flexibility index (Phi) is 3.13. The Balaban J connectivity index is 1.90. The zero-order valence-electron chi connectivity index (χ0n) is 9.02. The molecule has 2 aliphatic heterocycles. The van der Waals surface area contributed by atoms with E-state index in [2.05, 4.69) is 10.2 Å². The van der Waals surface area contributed by atoms with Crippen molar-refractivity contribution in [1.82, 2.24) is 10.2 Å². The van der Waals surface area contributed by atoms with Gasteiger partial charge < -0.3 is 5.32 Å². The van der Waals surface area contributed by atoms with Crippen LogP contribution in [0.3, 0.4) is 0 Å². The molecule has 0 aromatic rings. The highest BCUT2D eigenvalue weighted by Gasteiger charge is 2.29. The fourth-order valence-electron chi connectivity index (χ4n) is 2.31. The first-order chi connectivity index (χ1) is 7.11. The SMILES string of the molecule is CNC1CCN(C2C=CS(=O)(=O)C2)CC1. The Bertz CT molecular complexity index is 342. The van der Waals surface area contributed by atoms with Gasteiger partial charge in [-0.3, -0.25) is 4.90 Å². The molecule has 1 unspecified atom stereocenters. The molecule has 0 aromatic heterocycles. The van der Waals surface area contributed by atoms with Gasteiger partial charge in [0.15, 0.2) is 9.84 Å². The van der Waals surface area contributed by atoms with Crippen molar-refractivity contribution in [2.24, 2.45) is 0 Å². The molecule has 2 heterocycles. The summed E-state index contributed by atoms with van der Waals surface area (Å²) in [5, 5.41) is 4.63. The minimum absolute atomic E-state index is 0.118. The smallest absolute Gasteiger partial charge is 0.173 e. The molecule has 0 aromatic carbocycles. The summed E-state index contributed by atoms with van der Waals surface area (Å²) in [6.07, 6.45) is 4.05. The summed E-state index contributed by atoms with van der Waals surface area (Å²) in [6.45, 7) is 1.99. The lowest BCUT2D eigenvalue weighted by Gasteiger charge is -2.34. The summed E-state index contributed by atoms with van der Waals surface area (Å²) in [5.74, 6) is 0.275. The number of hydrogen-bond donors (Lipinski definition) is 1. The van der Waals surface area contributed by atoms with Crippen LogP contribution in [0.2, 0.25) is 0 Å². The van der Waals surface area contributed by atoms with Gasteiger partial charge in [-0.15, -0.1) is 0 Å². The van der Waals surface area contributed by atoms with E-state index in [0.717, 1.165) is 25.9 Å². The van der Waals surface area contributed by atoms with E-state index in [9.17, 15) is 8.42 Å². The van der Waals surface area contributed by atoms with Crippen molar-refractivity contribution in [3.8, 4) is 0 Å². The Morgan fingerprint density at radius 1 is 1.33 bits per heavy atom. The van der Waals surface area contributed by atoms with Crippen molar-refractivity contribution >= 4 is 9.84 Å². The van der Waals surface area contributed by atoms with E-state index < -0.39 is 9.84 Å². The average molecular weight is 230 g/mol. The van der Waals surface area contributed by atoms with E-state index in [-0.39, 0.29) is 11.8 Å². The van der Waals surface area contributed by atoms with Gasteiger partial charge in [-0.25, -0.2) is 8.42 Å². The Morgan fingerprint density at radius 3 is 2.47 bits per heavy atom. The molecule has 0 amide bonds. The van der Waals surface area contributed by atoms with Crippen LogP contribution in [0.15, 0.2) is 11.5 Å². The maximum atomic E-state index is 11.3. The van der Waals surface area contributed by atoms with Gasteiger partial charge in [0.2, 0.25) is 0 Å². The molecular formula is C10H18N2O2S. The topological polar surface area (TPSA) is 49.4 Å². The molecule has 0 aliphatic carbocycles. The van der Waals surface area contributed by atoms with Crippen molar-refractivity contribution in [1.29, 1.82) is 0 Å². The van der Waals surface area contributed by atoms with Crippen LogP contribution in [-0.4, -0.2) is 51.3 Å². The van der Waals surface area contributed by atoms with E-state index in [1.165, 1.54) is 5.41 Å². The van der Waals surface area contributed by atoms with Crippen molar-refractivity contribution < 1.29 is 8.42 Å². The maximum Gasteiger partial charge on any atom is 0.173 e. The molecule has 1 N–H and O–H groups in total. The first-order valence-corrected chi connectivity index (χ1v) is 7.14. The van der Waals surface area contributed by atoms with Crippen LogP contribution in [0.25, 0.3) is 0 Å². The van der Waals surface area contributed by atoms with Gasteiger partial charge in [-0.2, -0.15) is 0 Å². The van der Waals surface area contributed by atoms with Gasteiger partial charge in [0.05, 0.1) is 5.75 Å². The second kappa shape index (κ2) is 4.23. The summed E-state index contributed by atoms with van der Waals surface area (Å²) in [7, 11) is -0.915. The molecule has 0 spiro atoms. The van der Waals surface area contributed by atoms with E-state index in [1.807, 2.05) is 13.1 Å². The van der Waals surface area contributed by atoms with Gasteiger partial charge in [0.25, 0.3) is 0 Å². The van der Waals surface area contributed by atoms with E-state index >= 15 is 0 Å². The fourth-order valence-corrected chi connectivity index (χ4v) is 3.64. The fraction of sp³-hybridized carbons (Fsp3) is 0.800. The first-order valence-electron chi connectivity index (χ1n) is 5.43. The predicted octanol–water partition coefficient (Wildman–Crippen LogP) is -0.0191. The minimum atomic E-state index is -2.90. The van der Waals surface area contributed by atoms with Crippen molar-refractivity contribution in [2.45, 2.75) is 24.9 Å². The largest absolute Gasteiger partial charge is 0.317 e. The third-order valence-electron chi connectivity index (χ3n) is 3.32. The molecule has 2 rings (SSSR count). The molecule has 0 radical (unpaired) electrons. The lowest BCUT2D eigenvalue weighted by Crippen LogP contribution is -2.46. The maximum absolute atomic E-state index is 11.3. The minimum Gasteiger partial charge on any atom is -0.317 e. The van der Waals surface area contributed by atoms with Gasteiger partial charge in [-0.1, -0.05) is 6.08 Å². The lowest BCUT2D eigenvalue weighted by atomic mass is 10.0. The Labute approximate surface area is 91.3 Å². The monoisotopic (exact) mass is 230 g/mol.